The van der Waals surface area contributed by atoms with Crippen LogP contribution in [-0.4, -0.2) is 103 Å². The molecule has 0 saturated carbocycles. The summed E-state index contributed by atoms with van der Waals surface area (Å²) in [5.41, 5.74) is 6.86. The van der Waals surface area contributed by atoms with Gasteiger partial charge in [-0.3, -0.25) is 14.5 Å². The van der Waals surface area contributed by atoms with Crippen LogP contribution in [0.3, 0.4) is 0 Å². The maximum atomic E-state index is 13.3. The predicted molar refractivity (Wildman–Crippen MR) is 165 cm³/mol. The van der Waals surface area contributed by atoms with Crippen LogP contribution in [0.1, 0.15) is 12.6 Å². The van der Waals surface area contributed by atoms with Crippen molar-refractivity contribution in [3.63, 3.8) is 0 Å². The maximum absolute atomic E-state index is 13.3. The van der Waals surface area contributed by atoms with E-state index in [-0.39, 0.29) is 33.2 Å². The van der Waals surface area contributed by atoms with Crippen LogP contribution in [0.2, 0.25) is 4.34 Å². The summed E-state index contributed by atoms with van der Waals surface area (Å²) in [5.74, 6) is -3.33. The van der Waals surface area contributed by atoms with Gasteiger partial charge in [-0.05, 0) is 14.0 Å². The molecule has 45 heavy (non-hydrogen) atoms. The number of hydrogen-bond acceptors (Lipinski definition) is 13. The van der Waals surface area contributed by atoms with Gasteiger partial charge in [0.05, 0.1) is 0 Å². The first-order valence-electron chi connectivity index (χ1n) is 13.3. The number of aliphatic carboxylic acids is 2. The summed E-state index contributed by atoms with van der Waals surface area (Å²) in [5, 5.41) is 30.9. The number of hydrogen-bond donors (Lipinski definition) is 7. The summed E-state index contributed by atoms with van der Waals surface area (Å²) in [6.07, 6.45) is 2.17. The van der Waals surface area contributed by atoms with Crippen molar-refractivity contribution in [3.05, 3.63) is 39.8 Å². The number of aromatic nitrogens is 4. The third kappa shape index (κ3) is 6.65. The van der Waals surface area contributed by atoms with E-state index in [1.165, 1.54) is 18.7 Å². The van der Waals surface area contributed by atoms with Crippen molar-refractivity contribution in [2.24, 2.45) is 5.16 Å². The third-order valence-corrected chi connectivity index (χ3v) is 9.17. The van der Waals surface area contributed by atoms with Crippen LogP contribution in [0.5, 0.6) is 0 Å². The molecule has 1 fully saturated rings. The predicted octanol–water partition coefficient (Wildman–Crippen LogP) is -0.194. The van der Waals surface area contributed by atoms with Gasteiger partial charge < -0.3 is 41.7 Å². The highest BCUT2D eigenvalue weighted by Gasteiger charge is 2.55. The van der Waals surface area contributed by atoms with Crippen molar-refractivity contribution in [1.29, 1.82) is 0 Å². The van der Waals surface area contributed by atoms with Gasteiger partial charge in [0.1, 0.15) is 38.2 Å². The summed E-state index contributed by atoms with van der Waals surface area (Å²) in [7, 11) is 1.85. The minimum Gasteiger partial charge on any atom is -0.478 e. The van der Waals surface area contributed by atoms with Crippen molar-refractivity contribution in [2.75, 3.05) is 36.9 Å². The van der Waals surface area contributed by atoms with Crippen molar-refractivity contribution in [2.45, 2.75) is 31.0 Å². The largest absolute Gasteiger partial charge is 0.478 e. The highest BCUT2D eigenvalue weighted by atomic mass is 35.5. The van der Waals surface area contributed by atoms with Gasteiger partial charge in [0.2, 0.25) is 12.1 Å². The second kappa shape index (κ2) is 13.3. The fraction of sp³-hybridized carbons (Fsp3) is 0.360. The van der Waals surface area contributed by atoms with Gasteiger partial charge in [-0.15, -0.1) is 11.8 Å². The Morgan fingerprint density at radius 3 is 2.78 bits per heavy atom. The van der Waals surface area contributed by atoms with E-state index in [9.17, 15) is 24.3 Å². The Morgan fingerprint density at radius 2 is 2.11 bits per heavy atom. The van der Waals surface area contributed by atoms with Gasteiger partial charge in [0.25, 0.3) is 11.8 Å². The molecule has 5 rings (SSSR count). The fourth-order valence-corrected chi connectivity index (χ4v) is 6.82. The van der Waals surface area contributed by atoms with Crippen molar-refractivity contribution in [3.8, 4) is 0 Å². The molecule has 1 unspecified atom stereocenters. The number of halogens is 1. The zero-order chi connectivity index (χ0) is 32.4. The number of thioether (sulfide) groups is 1. The smallest absolute Gasteiger partial charge is 0.352 e. The Hall–Kier alpha value is -4.46. The van der Waals surface area contributed by atoms with Crippen molar-refractivity contribution in [1.82, 2.24) is 30.5 Å². The molecule has 8 N–H and O–H groups in total. The average molecular weight is 680 g/mol. The van der Waals surface area contributed by atoms with Gasteiger partial charge in [-0.2, -0.15) is 4.57 Å². The highest BCUT2D eigenvalue weighted by Crippen LogP contribution is 2.40. The standard InChI is InChI=1S/C25H27ClN10O7S2/c1-10(22(39)40)43-34-15(14-18(26)45-24(27)33-14)19(37)32-16-20(38)36-17(23(41)42)11(9-44-21(16)36)7-35-6-3-12-13(8-35)31-25(30-12)29-5-4-28-2/h3,6,8,10,16,21,28H,4-5,7,9H2,1-2H3,(H6,27,29,31,32,33,37,39,40,41,42)/p+1/t10-,16+,21?/m0/s1. The van der Waals surface area contributed by atoms with E-state index in [1.54, 1.807) is 23.0 Å². The van der Waals surface area contributed by atoms with Crippen LogP contribution < -0.4 is 26.3 Å². The van der Waals surface area contributed by atoms with Crippen LogP contribution in [0, 0.1) is 0 Å². The van der Waals surface area contributed by atoms with Gasteiger partial charge in [0, 0.05) is 30.5 Å². The van der Waals surface area contributed by atoms with Gasteiger partial charge in [-0.25, -0.2) is 19.6 Å². The van der Waals surface area contributed by atoms with Crippen LogP contribution >= 0.6 is 34.7 Å². The molecule has 0 bridgehead atoms. The number of pyridine rings is 1. The number of nitrogens with two attached hydrogens (primary N) is 1. The minimum absolute atomic E-state index is 0.00517. The molecule has 1 saturated heterocycles. The van der Waals surface area contributed by atoms with E-state index in [0.29, 0.717) is 18.1 Å². The Balaban J connectivity index is 1.33. The topological polar surface area (TPSA) is 241 Å². The number of fused-ring (bicyclic) bond motifs is 2. The first kappa shape index (κ1) is 31.9. The normalized spacial score (nSPS) is 18.8. The number of anilines is 2. The number of imidazole rings is 1. The third-order valence-electron chi connectivity index (χ3n) is 6.75. The SMILES string of the molecule is CNCCNc1nc2cc[n+](CC3=C(C(=O)O)N4C(=O)[C@@H](NC(=O)C(=NO[C@@H](C)C(=O)O)c5nc(N)sc5Cl)C4SC3)cc2[nH]1. The zero-order valence-corrected chi connectivity index (χ0v) is 26.1. The number of nitrogen functional groups attached to an aromatic ring is 1. The van der Waals surface area contributed by atoms with E-state index in [0.717, 1.165) is 33.8 Å². The number of nitrogens with one attached hydrogen (secondary N) is 4. The number of oxime groups is 1. The molecule has 2 amide bonds. The Morgan fingerprint density at radius 1 is 1.33 bits per heavy atom. The number of nitrogens with zero attached hydrogens (tertiary/aromatic N) is 5. The van der Waals surface area contributed by atoms with Crippen molar-refractivity contribution >= 4 is 86.3 Å². The number of carboxylic acid groups (broad SMARTS) is 2. The monoisotopic (exact) mass is 679 g/mol. The number of rotatable bonds is 13. The molecule has 3 atom stereocenters. The lowest BCUT2D eigenvalue weighted by atomic mass is 10.0. The molecular formula is C25H28ClN10O7S2+. The second-order valence-corrected chi connectivity index (χ2v) is 12.6. The maximum Gasteiger partial charge on any atom is 0.352 e. The number of carboxylic acids is 2. The van der Waals surface area contributed by atoms with E-state index >= 15 is 0 Å². The van der Waals surface area contributed by atoms with Gasteiger partial charge >= 0.3 is 11.9 Å². The number of likely N-dealkylation sites (N-methyl/N-ethyl adjacent to an activating group) is 1. The summed E-state index contributed by atoms with van der Waals surface area (Å²) in [6.45, 7) is 2.83. The van der Waals surface area contributed by atoms with E-state index < -0.39 is 47.0 Å². The Labute approximate surface area is 267 Å². The molecule has 3 aromatic rings. The first-order valence-corrected chi connectivity index (χ1v) is 15.6. The van der Waals surface area contributed by atoms with E-state index in [2.05, 4.69) is 36.1 Å². The number of carbonyl (C=O) groups is 4. The molecule has 0 aromatic carbocycles. The zero-order valence-electron chi connectivity index (χ0n) is 23.7. The molecule has 5 heterocycles. The van der Waals surface area contributed by atoms with Gasteiger partial charge in [0.15, 0.2) is 29.8 Å². The number of aromatic amines is 1. The molecule has 2 aliphatic rings. The van der Waals surface area contributed by atoms with E-state index in [1.807, 2.05) is 7.05 Å². The molecular weight excluding hydrogens is 652 g/mol. The molecule has 0 spiro atoms. The number of H-pyrrole nitrogens is 1. The minimum atomic E-state index is -1.41. The van der Waals surface area contributed by atoms with Crippen LogP contribution in [0.15, 0.2) is 34.9 Å². The first-order chi connectivity index (χ1) is 21.5. The lowest BCUT2D eigenvalue weighted by molar-refractivity contribution is -0.687. The number of β-lactam (4-membered cyclic amide) rings is 1. The van der Waals surface area contributed by atoms with Crippen LogP contribution in [0.25, 0.3) is 11.0 Å². The molecule has 0 radical (unpaired) electrons. The molecule has 0 aliphatic carbocycles. The summed E-state index contributed by atoms with van der Waals surface area (Å²) in [4.78, 5) is 67.9. The average Bonchev–Trinajstić information content (AvgIpc) is 3.56. The van der Waals surface area contributed by atoms with Crippen molar-refractivity contribution < 1.29 is 38.8 Å². The number of amides is 2. The fourth-order valence-electron chi connectivity index (χ4n) is 4.56. The van der Waals surface area contributed by atoms with Gasteiger partial charge in [-0.1, -0.05) is 28.1 Å². The summed E-state index contributed by atoms with van der Waals surface area (Å²) >= 11 is 8.30. The Bertz CT molecular complexity index is 1740. The van der Waals surface area contributed by atoms with Crippen LogP contribution in [0.4, 0.5) is 11.1 Å². The Kier molecular flexibility index (Phi) is 9.42. The second-order valence-electron chi connectivity index (χ2n) is 9.85. The highest BCUT2D eigenvalue weighted by molar-refractivity contribution is 8.00. The summed E-state index contributed by atoms with van der Waals surface area (Å²) in [6, 6.07) is 0.690. The number of carbonyl (C=O) groups excluding carboxylic acids is 2. The molecule has 238 valence electrons. The lowest BCUT2D eigenvalue weighted by Gasteiger charge is -2.49. The summed E-state index contributed by atoms with van der Waals surface area (Å²) < 4.78 is 1.79. The molecule has 17 nitrogen and oxygen atoms in total. The quantitative estimate of drug-likeness (QED) is 0.0408. The van der Waals surface area contributed by atoms with E-state index in [4.69, 9.17) is 27.3 Å². The molecule has 20 heteroatoms. The molecule has 3 aromatic heterocycles. The molecule has 2 aliphatic heterocycles. The number of thiazole rings is 1. The lowest BCUT2D eigenvalue weighted by Crippen LogP contribution is -2.71. The van der Waals surface area contributed by atoms with Crippen LogP contribution in [-0.2, 0) is 30.6 Å².